The molecule has 25 heavy (non-hydrogen) atoms. The van der Waals surface area contributed by atoms with Gasteiger partial charge in [0, 0.05) is 12.6 Å². The topological polar surface area (TPSA) is 182 Å². The van der Waals surface area contributed by atoms with Gasteiger partial charge in [-0.3, -0.25) is 9.79 Å². The second kappa shape index (κ2) is 7.29. The summed E-state index contributed by atoms with van der Waals surface area (Å²) in [6.45, 7) is 0. The number of nitrogens with one attached hydrogen (secondary N) is 2. The molecule has 0 saturated carbocycles. The van der Waals surface area contributed by atoms with Crippen LogP contribution in [0.25, 0.3) is 0 Å². The molecule has 0 bridgehead atoms. The zero-order valence-electron chi connectivity index (χ0n) is 12.5. The second-order valence-electron chi connectivity index (χ2n) is 5.00. The standard InChI is InChI=1S/C14H13N3O8/c18-10-5-9(25-17-10)11(14(23)24)15-2-1-6-3-7(12(19)20)16-8(4-6)13(21)22/h1-3,5,8,11,16H,4H2,(H,17,18)(H,19,20)(H,21,22)(H,23,24)/b6-1-,15-2?/t8-,11-/m0/s1. The molecular formula is C14H13N3O8. The number of carbonyl (C=O) groups is 3. The number of aliphatic imine (C=N–C) groups is 1. The maximum absolute atomic E-state index is 11.2. The molecule has 2 heterocycles. The molecule has 1 aliphatic heterocycles. The molecule has 11 nitrogen and oxygen atoms in total. The third kappa shape index (κ3) is 4.43. The third-order valence-electron chi connectivity index (χ3n) is 3.20. The summed E-state index contributed by atoms with van der Waals surface area (Å²) >= 11 is 0. The summed E-state index contributed by atoms with van der Waals surface area (Å²) in [6.07, 6.45) is 3.58. The summed E-state index contributed by atoms with van der Waals surface area (Å²) in [7, 11) is 0. The Morgan fingerprint density at radius 2 is 2.04 bits per heavy atom. The number of aliphatic carboxylic acids is 3. The minimum absolute atomic E-state index is 0.0187. The zero-order valence-corrected chi connectivity index (χ0v) is 12.5. The molecule has 1 aromatic heterocycles. The number of nitrogens with zero attached hydrogens (tertiary/aromatic N) is 1. The average molecular weight is 351 g/mol. The Bertz CT molecular complexity index is 844. The maximum atomic E-state index is 11.2. The van der Waals surface area contributed by atoms with Gasteiger partial charge >= 0.3 is 17.9 Å². The van der Waals surface area contributed by atoms with E-state index >= 15 is 0 Å². The smallest absolute Gasteiger partial charge is 0.351 e. The quantitative estimate of drug-likeness (QED) is 0.422. The van der Waals surface area contributed by atoms with Crippen molar-refractivity contribution in [1.82, 2.24) is 10.5 Å². The van der Waals surface area contributed by atoms with Crippen LogP contribution in [0.3, 0.4) is 0 Å². The molecule has 0 aliphatic carbocycles. The van der Waals surface area contributed by atoms with Crippen LogP contribution in [0.15, 0.2) is 43.8 Å². The van der Waals surface area contributed by atoms with E-state index in [2.05, 4.69) is 10.3 Å². The number of hydrogen-bond acceptors (Lipinski definition) is 7. The molecule has 2 atom stereocenters. The highest BCUT2D eigenvalue weighted by Gasteiger charge is 2.26. The largest absolute Gasteiger partial charge is 0.480 e. The molecule has 5 N–H and O–H groups in total. The van der Waals surface area contributed by atoms with E-state index in [1.165, 1.54) is 12.2 Å². The summed E-state index contributed by atoms with van der Waals surface area (Å²) in [5.74, 6) is -4.13. The molecule has 1 aliphatic rings. The lowest BCUT2D eigenvalue weighted by Crippen LogP contribution is -2.41. The summed E-state index contributed by atoms with van der Waals surface area (Å²) in [4.78, 5) is 48.0. The predicted octanol–water partition coefficient (Wildman–Crippen LogP) is -0.494. The van der Waals surface area contributed by atoms with E-state index in [-0.39, 0.29) is 17.9 Å². The van der Waals surface area contributed by atoms with Gasteiger partial charge in [-0.05, 0) is 17.7 Å². The fourth-order valence-corrected chi connectivity index (χ4v) is 2.06. The molecule has 0 fully saturated rings. The van der Waals surface area contributed by atoms with Gasteiger partial charge in [0.1, 0.15) is 11.7 Å². The highest BCUT2D eigenvalue weighted by atomic mass is 16.5. The van der Waals surface area contributed by atoms with Crippen LogP contribution >= 0.6 is 0 Å². The van der Waals surface area contributed by atoms with Gasteiger partial charge in [-0.15, -0.1) is 0 Å². The molecule has 2 rings (SSSR count). The number of carboxylic acids is 3. The summed E-state index contributed by atoms with van der Waals surface area (Å²) in [5.41, 5.74) is -0.594. The van der Waals surface area contributed by atoms with Crippen molar-refractivity contribution < 1.29 is 34.2 Å². The van der Waals surface area contributed by atoms with E-state index in [0.29, 0.717) is 5.57 Å². The van der Waals surface area contributed by atoms with Crippen LogP contribution in [0.2, 0.25) is 0 Å². The fourth-order valence-electron chi connectivity index (χ4n) is 2.06. The molecule has 0 spiro atoms. The normalized spacial score (nSPS) is 20.1. The summed E-state index contributed by atoms with van der Waals surface area (Å²) in [6, 6.07) is -1.67. The number of aromatic nitrogens is 1. The minimum atomic E-state index is -1.48. The Morgan fingerprint density at radius 1 is 1.32 bits per heavy atom. The molecule has 0 radical (unpaired) electrons. The number of H-pyrrole nitrogens is 1. The molecule has 1 aromatic rings. The number of rotatable bonds is 6. The highest BCUT2D eigenvalue weighted by Crippen LogP contribution is 2.18. The summed E-state index contributed by atoms with van der Waals surface area (Å²) < 4.78 is 4.70. The average Bonchev–Trinajstić information content (AvgIpc) is 2.96. The van der Waals surface area contributed by atoms with E-state index in [1.54, 1.807) is 0 Å². The first-order valence-corrected chi connectivity index (χ1v) is 6.86. The van der Waals surface area contributed by atoms with Gasteiger partial charge in [0.05, 0.1) is 6.07 Å². The van der Waals surface area contributed by atoms with Gasteiger partial charge in [-0.25, -0.2) is 14.4 Å². The van der Waals surface area contributed by atoms with Gasteiger partial charge in [0.2, 0.25) is 6.04 Å². The fraction of sp³-hybridized carbons (Fsp3) is 0.214. The van der Waals surface area contributed by atoms with Crippen molar-refractivity contribution in [2.24, 2.45) is 4.99 Å². The van der Waals surface area contributed by atoms with Crippen LogP contribution in [0.5, 0.6) is 0 Å². The molecular weight excluding hydrogens is 338 g/mol. The van der Waals surface area contributed by atoms with E-state index in [9.17, 15) is 19.2 Å². The SMILES string of the molecule is O=C(O)C1=C/C(=C/C=N[C@H](C(=O)O)c2cc(=O)[nH]o2)C[C@@H](C(=O)O)N1. The first-order valence-electron chi connectivity index (χ1n) is 6.86. The number of allylic oxidation sites excluding steroid dienone is 2. The van der Waals surface area contributed by atoms with Crippen molar-refractivity contribution in [3.8, 4) is 0 Å². The Labute approximate surface area is 139 Å². The Kier molecular flexibility index (Phi) is 5.17. The molecule has 0 unspecified atom stereocenters. The highest BCUT2D eigenvalue weighted by molar-refractivity contribution is 5.90. The molecule has 0 saturated heterocycles. The van der Waals surface area contributed by atoms with Crippen LogP contribution in [0.4, 0.5) is 0 Å². The maximum Gasteiger partial charge on any atom is 0.351 e. The van der Waals surface area contributed by atoms with Crippen LogP contribution in [0, 0.1) is 0 Å². The number of aromatic amines is 1. The Hall–Kier alpha value is -3.63. The second-order valence-corrected chi connectivity index (χ2v) is 5.00. The molecule has 132 valence electrons. The predicted molar refractivity (Wildman–Crippen MR) is 81.2 cm³/mol. The molecule has 11 heteroatoms. The van der Waals surface area contributed by atoms with Gasteiger partial charge in [0.25, 0.3) is 5.56 Å². The van der Waals surface area contributed by atoms with E-state index in [0.717, 1.165) is 12.3 Å². The number of carboxylic acid groups (broad SMARTS) is 3. The lowest BCUT2D eigenvalue weighted by molar-refractivity contribution is -0.140. The van der Waals surface area contributed by atoms with E-state index in [1.807, 2.05) is 5.16 Å². The summed E-state index contributed by atoms with van der Waals surface area (Å²) in [5, 5.41) is 31.4. The molecule has 0 aromatic carbocycles. The van der Waals surface area contributed by atoms with Gasteiger partial charge in [0.15, 0.2) is 5.76 Å². The van der Waals surface area contributed by atoms with Crippen LogP contribution in [-0.4, -0.2) is 50.6 Å². The first kappa shape index (κ1) is 17.7. The molecule has 0 amide bonds. The third-order valence-corrected chi connectivity index (χ3v) is 3.20. The number of hydrogen-bond donors (Lipinski definition) is 5. The van der Waals surface area contributed by atoms with Crippen molar-refractivity contribution >= 4 is 24.1 Å². The van der Waals surface area contributed by atoms with Crippen LogP contribution in [-0.2, 0) is 14.4 Å². The van der Waals surface area contributed by atoms with Crippen molar-refractivity contribution in [2.75, 3.05) is 0 Å². The lowest BCUT2D eigenvalue weighted by Gasteiger charge is -2.21. The van der Waals surface area contributed by atoms with Gasteiger partial charge < -0.3 is 25.2 Å². The van der Waals surface area contributed by atoms with Crippen molar-refractivity contribution in [3.63, 3.8) is 0 Å². The van der Waals surface area contributed by atoms with Gasteiger partial charge in [-0.2, -0.15) is 5.16 Å². The van der Waals surface area contributed by atoms with Crippen LogP contribution in [0.1, 0.15) is 18.2 Å². The van der Waals surface area contributed by atoms with E-state index in [4.69, 9.17) is 19.8 Å². The van der Waals surface area contributed by atoms with Crippen molar-refractivity contribution in [2.45, 2.75) is 18.5 Å². The lowest BCUT2D eigenvalue weighted by atomic mass is 10.00. The minimum Gasteiger partial charge on any atom is -0.480 e. The van der Waals surface area contributed by atoms with Crippen molar-refractivity contribution in [3.05, 3.63) is 45.6 Å². The monoisotopic (exact) mass is 351 g/mol. The van der Waals surface area contributed by atoms with Crippen molar-refractivity contribution in [1.29, 1.82) is 0 Å². The Balaban J connectivity index is 2.25. The Morgan fingerprint density at radius 3 is 2.56 bits per heavy atom. The van der Waals surface area contributed by atoms with Crippen LogP contribution < -0.4 is 10.9 Å². The zero-order chi connectivity index (χ0) is 18.6. The van der Waals surface area contributed by atoms with E-state index < -0.39 is 35.6 Å². The van der Waals surface area contributed by atoms with Gasteiger partial charge in [-0.1, -0.05) is 0 Å². The first-order chi connectivity index (χ1) is 11.8.